The fraction of sp³-hybridized carbons (Fsp3) is 0.500. The molecule has 2 N–H and O–H groups in total. The van der Waals surface area contributed by atoms with Crippen LogP contribution in [0.25, 0.3) is 0 Å². The molecule has 8 heavy (non-hydrogen) atoms. The van der Waals surface area contributed by atoms with Gasteiger partial charge in [-0.25, -0.2) is 13.2 Å². The van der Waals surface area contributed by atoms with Gasteiger partial charge >= 0.3 is 6.03 Å². The van der Waals surface area contributed by atoms with Crippen LogP contribution in [0.5, 0.6) is 0 Å². The van der Waals surface area contributed by atoms with Gasteiger partial charge in [0.15, 0.2) is 0 Å². The van der Waals surface area contributed by atoms with E-state index in [-0.39, 0.29) is 0 Å². The van der Waals surface area contributed by atoms with Crippen LogP contribution in [0.15, 0.2) is 0 Å². The fourth-order valence-electron chi connectivity index (χ4n) is 0.163. The molecule has 0 aromatic carbocycles. The van der Waals surface area contributed by atoms with Crippen LogP contribution in [0.4, 0.5) is 4.79 Å². The van der Waals surface area contributed by atoms with E-state index in [4.69, 9.17) is 0 Å². The van der Waals surface area contributed by atoms with Gasteiger partial charge in [-0.15, -0.1) is 4.72 Å². The maximum Gasteiger partial charge on any atom is 0.349 e. The Balaban J connectivity index is 3.95. The summed E-state index contributed by atoms with van der Waals surface area (Å²) in [5.41, 5.74) is 4.39. The number of sulfonamides is 1. The number of nitrogens with zero attached hydrogens (tertiary/aromatic N) is 1. The lowest BCUT2D eigenvalue weighted by Crippen LogP contribution is -2.27. The fourth-order valence-corrected chi connectivity index (χ4v) is 0.490. The van der Waals surface area contributed by atoms with Crippen LogP contribution < -0.4 is 10.5 Å². The molecular weight excluding hydrogens is 132 g/mol. The molecule has 0 spiro atoms. The topological polar surface area (TPSA) is 91.3 Å². The summed E-state index contributed by atoms with van der Waals surface area (Å²) < 4.78 is 22.5. The second-order valence-corrected chi connectivity index (χ2v) is 2.81. The Morgan fingerprint density at radius 3 is 2.00 bits per heavy atom. The Hall–Kier alpha value is -0.780. The highest BCUT2D eigenvalue weighted by molar-refractivity contribution is 7.89. The molecule has 47 valence electrons. The third kappa shape index (κ3) is 5.22. The number of urea groups is 1. The monoisotopic (exact) mass is 137 g/mol. The van der Waals surface area contributed by atoms with Crippen molar-refractivity contribution >= 4 is 16.1 Å². The molecule has 0 saturated heterocycles. The minimum atomic E-state index is -3.57. The summed E-state index contributed by atoms with van der Waals surface area (Å²) in [7, 11) is -3.57. The predicted octanol–water partition coefficient (Wildman–Crippen LogP) is -1.37. The summed E-state index contributed by atoms with van der Waals surface area (Å²) in [6, 6.07) is -1.19. The average Bonchev–Trinajstić information content (AvgIpc) is 1.21. The van der Waals surface area contributed by atoms with Crippen molar-refractivity contribution in [2.45, 2.75) is 0 Å². The molecule has 0 aliphatic carbocycles. The number of primary amides is 1. The van der Waals surface area contributed by atoms with Crippen LogP contribution in [-0.2, 0) is 10.0 Å². The lowest BCUT2D eigenvalue weighted by atomic mass is 11.2. The van der Waals surface area contributed by atoms with Gasteiger partial charge in [0.25, 0.3) is 10.0 Å². The highest BCUT2D eigenvalue weighted by Crippen LogP contribution is 1.73. The zero-order chi connectivity index (χ0) is 6.78. The maximum absolute atomic E-state index is 9.97. The molecule has 0 aromatic rings. The quantitative estimate of drug-likeness (QED) is 0.483. The van der Waals surface area contributed by atoms with Gasteiger partial charge in [-0.2, -0.15) is 0 Å². The van der Waals surface area contributed by atoms with Gasteiger partial charge in [-0.3, -0.25) is 0 Å². The van der Waals surface area contributed by atoms with Crippen molar-refractivity contribution in [3.8, 4) is 0 Å². The van der Waals surface area contributed by atoms with Gasteiger partial charge in [0, 0.05) is 0 Å². The minimum absolute atomic E-state index is 0.789. The third-order valence-electron chi connectivity index (χ3n) is 0.256. The maximum atomic E-state index is 9.97. The van der Waals surface area contributed by atoms with E-state index in [1.165, 1.54) is 0 Å². The molecule has 0 rings (SSSR count). The molecule has 0 atom stereocenters. The average molecular weight is 137 g/mol. The molecule has 0 fully saturated rings. The smallest absolute Gasteiger partial charge is 0.349 e. The first-order valence-corrected chi connectivity index (χ1v) is 3.49. The molecule has 2 amide bonds. The van der Waals surface area contributed by atoms with Crippen molar-refractivity contribution in [3.05, 3.63) is 0 Å². The van der Waals surface area contributed by atoms with E-state index in [0.29, 0.717) is 0 Å². The van der Waals surface area contributed by atoms with Gasteiger partial charge in [0.05, 0.1) is 6.26 Å². The number of rotatable bonds is 1. The van der Waals surface area contributed by atoms with Crippen LogP contribution >= 0.6 is 0 Å². The summed E-state index contributed by atoms with van der Waals surface area (Å²) in [5.74, 6) is 0. The Morgan fingerprint density at radius 2 is 2.00 bits per heavy atom. The lowest BCUT2D eigenvalue weighted by Gasteiger charge is -1.88. The van der Waals surface area contributed by atoms with Crippen LogP contribution in [0.2, 0.25) is 0 Å². The van der Waals surface area contributed by atoms with Crippen molar-refractivity contribution in [3.63, 3.8) is 0 Å². The molecule has 0 aliphatic heterocycles. The van der Waals surface area contributed by atoms with E-state index < -0.39 is 16.1 Å². The largest absolute Gasteiger partial charge is 0.349 e. The first-order chi connectivity index (χ1) is 3.42. The Bertz CT molecular complexity index is 181. The van der Waals surface area contributed by atoms with Crippen LogP contribution in [0.1, 0.15) is 0 Å². The van der Waals surface area contributed by atoms with Crippen molar-refractivity contribution in [2.24, 2.45) is 5.73 Å². The Morgan fingerprint density at radius 1 is 1.62 bits per heavy atom. The molecule has 0 heterocycles. The van der Waals surface area contributed by atoms with Crippen molar-refractivity contribution in [1.29, 1.82) is 0 Å². The summed E-state index contributed by atoms with van der Waals surface area (Å²) in [6.07, 6.45) is 0.789. The number of carbonyl (C=O) groups is 1. The first kappa shape index (κ1) is 7.22. The van der Waals surface area contributed by atoms with E-state index >= 15 is 0 Å². The first-order valence-electron chi connectivity index (χ1n) is 1.64. The molecule has 0 unspecified atom stereocenters. The summed E-state index contributed by atoms with van der Waals surface area (Å²) in [5, 5.41) is 0. The van der Waals surface area contributed by atoms with Crippen LogP contribution in [0.3, 0.4) is 0 Å². The molecule has 6 heteroatoms. The van der Waals surface area contributed by atoms with Crippen molar-refractivity contribution in [2.75, 3.05) is 6.26 Å². The molecule has 0 aliphatic rings. The zero-order valence-corrected chi connectivity index (χ0v) is 4.97. The predicted molar refractivity (Wildman–Crippen MR) is 26.6 cm³/mol. The van der Waals surface area contributed by atoms with Gasteiger partial charge in [-0.1, -0.05) is 0 Å². The zero-order valence-electron chi connectivity index (χ0n) is 4.16. The van der Waals surface area contributed by atoms with Gasteiger partial charge in [-0.05, 0) is 0 Å². The van der Waals surface area contributed by atoms with E-state index in [0.717, 1.165) is 6.26 Å². The van der Waals surface area contributed by atoms with E-state index in [1.54, 1.807) is 0 Å². The van der Waals surface area contributed by atoms with Gasteiger partial charge < -0.3 is 5.73 Å². The summed E-state index contributed by atoms with van der Waals surface area (Å²) >= 11 is 0. The number of hydrogen-bond donors (Lipinski definition) is 1. The molecule has 0 aromatic heterocycles. The Labute approximate surface area is 46.9 Å². The number of nitrogens with two attached hydrogens (primary N) is 1. The van der Waals surface area contributed by atoms with Crippen molar-refractivity contribution in [1.82, 2.24) is 4.72 Å². The second-order valence-electron chi connectivity index (χ2n) is 1.16. The lowest BCUT2D eigenvalue weighted by molar-refractivity contribution is 0.253. The molecule has 5 nitrogen and oxygen atoms in total. The van der Waals surface area contributed by atoms with Crippen LogP contribution in [-0.4, -0.2) is 20.7 Å². The summed E-state index contributed by atoms with van der Waals surface area (Å²) in [6.45, 7) is 0. The van der Waals surface area contributed by atoms with E-state index in [9.17, 15) is 13.2 Å². The molecule has 1 radical (unpaired) electrons. The molecule has 0 saturated carbocycles. The Kier molecular flexibility index (Phi) is 1.80. The molecule has 0 bridgehead atoms. The van der Waals surface area contributed by atoms with Crippen molar-refractivity contribution < 1.29 is 13.2 Å². The van der Waals surface area contributed by atoms with E-state index in [1.807, 2.05) is 0 Å². The highest BCUT2D eigenvalue weighted by atomic mass is 32.2. The normalized spacial score (nSPS) is 10.6. The summed E-state index contributed by atoms with van der Waals surface area (Å²) in [4.78, 5) is 9.69. The number of carbonyl (C=O) groups excluding carboxylic acids is 1. The second kappa shape index (κ2) is 1.99. The number of amides is 2. The molecular formula is C2H5N2O3S. The van der Waals surface area contributed by atoms with Gasteiger partial charge in [0.1, 0.15) is 0 Å². The standard InChI is InChI=1S/C2H5N2O3S/c1-8(6,7)4-2(3)5/h1H3,(H2,3,5). The third-order valence-corrected chi connectivity index (χ3v) is 0.767. The number of hydrogen-bond acceptors (Lipinski definition) is 3. The van der Waals surface area contributed by atoms with Crippen LogP contribution in [0, 0.1) is 0 Å². The minimum Gasteiger partial charge on any atom is -0.349 e. The van der Waals surface area contributed by atoms with Gasteiger partial charge in [0.2, 0.25) is 0 Å². The van der Waals surface area contributed by atoms with E-state index in [2.05, 4.69) is 10.5 Å². The highest BCUT2D eigenvalue weighted by Gasteiger charge is 2.04. The SMILES string of the molecule is CS(=O)(=O)[N]C(N)=O.